The van der Waals surface area contributed by atoms with Gasteiger partial charge in [-0.15, -0.1) is 0 Å². The lowest BCUT2D eigenvalue weighted by Crippen LogP contribution is -2.39. The summed E-state index contributed by atoms with van der Waals surface area (Å²) in [5.74, 6) is 0.0315. The van der Waals surface area contributed by atoms with E-state index in [-0.39, 0.29) is 18.8 Å². The van der Waals surface area contributed by atoms with Crippen molar-refractivity contribution in [2.75, 3.05) is 6.61 Å². The lowest BCUT2D eigenvalue weighted by atomic mass is 9.96. The van der Waals surface area contributed by atoms with Gasteiger partial charge >= 0.3 is 5.97 Å². The van der Waals surface area contributed by atoms with Gasteiger partial charge in [-0.2, -0.15) is 0 Å². The Balaban J connectivity index is 1.60. The Morgan fingerprint density at radius 1 is 1.05 bits per heavy atom. The number of ether oxygens (including phenoxy) is 2. The standard InChI is InChI=1S/C30H23Cl3N2O4S/c1-3-38-29(37)26-17(2)34-30-35(27(26)19-7-5-4-6-8-19)28(36)25(40-30)15-20-14-21(31)10-12-24(20)39-16-18-9-11-22(32)23(33)13-18/h4-15,27H,3,16H2,1-2H3/b25-15-/t27-/m0/s1. The van der Waals surface area contributed by atoms with Crippen molar-refractivity contribution >= 4 is 58.2 Å². The third-order valence-electron chi connectivity index (χ3n) is 6.27. The van der Waals surface area contributed by atoms with Crippen LogP contribution in [0.15, 0.2) is 87.8 Å². The number of carbonyl (C=O) groups is 1. The number of aromatic nitrogens is 1. The lowest BCUT2D eigenvalue weighted by molar-refractivity contribution is -0.139. The van der Waals surface area contributed by atoms with E-state index in [1.54, 1.807) is 54.8 Å². The number of hydrogen-bond acceptors (Lipinski definition) is 6. The number of hydrogen-bond donors (Lipinski definition) is 0. The molecule has 204 valence electrons. The SMILES string of the molecule is CCOC(=O)C1=C(C)N=c2s/c(=C\c3cc(Cl)ccc3OCc3ccc(Cl)c(Cl)c3)c(=O)n2[C@H]1c1ccccc1. The molecular weight excluding hydrogens is 591 g/mol. The Hall–Kier alpha value is -3.36. The van der Waals surface area contributed by atoms with Gasteiger partial charge in [-0.1, -0.05) is 82.5 Å². The van der Waals surface area contributed by atoms with Crippen molar-refractivity contribution in [3.05, 3.63) is 129 Å². The summed E-state index contributed by atoms with van der Waals surface area (Å²) in [6.07, 6.45) is 1.73. The van der Waals surface area contributed by atoms with Gasteiger partial charge < -0.3 is 9.47 Å². The molecule has 0 fully saturated rings. The Kier molecular flexibility index (Phi) is 8.47. The molecule has 1 aliphatic rings. The molecule has 0 spiro atoms. The van der Waals surface area contributed by atoms with Gasteiger partial charge in [0.2, 0.25) is 0 Å². The Morgan fingerprint density at radius 3 is 2.55 bits per heavy atom. The number of allylic oxidation sites excluding steroid dienone is 1. The molecule has 0 unspecified atom stereocenters. The first-order valence-electron chi connectivity index (χ1n) is 12.4. The molecule has 6 nitrogen and oxygen atoms in total. The summed E-state index contributed by atoms with van der Waals surface area (Å²) in [6, 6.07) is 19.2. The highest BCUT2D eigenvalue weighted by atomic mass is 35.5. The van der Waals surface area contributed by atoms with E-state index in [2.05, 4.69) is 4.99 Å². The molecule has 10 heteroatoms. The molecule has 0 bridgehead atoms. The summed E-state index contributed by atoms with van der Waals surface area (Å²) in [5, 5.41) is 1.39. The van der Waals surface area contributed by atoms with Crippen LogP contribution in [-0.4, -0.2) is 17.1 Å². The normalized spacial score (nSPS) is 15.0. The number of thiazole rings is 1. The molecule has 1 aromatic heterocycles. The number of nitrogens with zero attached hydrogens (tertiary/aromatic N) is 2. The molecule has 5 rings (SSSR count). The summed E-state index contributed by atoms with van der Waals surface area (Å²) in [5.41, 5.74) is 2.78. The number of fused-ring (bicyclic) bond motifs is 1. The first-order chi connectivity index (χ1) is 19.3. The number of benzene rings is 3. The number of esters is 1. The van der Waals surface area contributed by atoms with Gasteiger partial charge in [-0.25, -0.2) is 9.79 Å². The van der Waals surface area contributed by atoms with Crippen LogP contribution in [0.2, 0.25) is 15.1 Å². The van der Waals surface area contributed by atoms with Crippen LogP contribution in [0.3, 0.4) is 0 Å². The van der Waals surface area contributed by atoms with Gasteiger partial charge in [0, 0.05) is 10.6 Å². The highest BCUT2D eigenvalue weighted by Gasteiger charge is 2.33. The van der Waals surface area contributed by atoms with Gasteiger partial charge in [0.05, 0.1) is 38.5 Å². The summed E-state index contributed by atoms with van der Waals surface area (Å²) >= 11 is 19.7. The Bertz CT molecular complexity index is 1810. The second-order valence-corrected chi connectivity index (χ2v) is 11.2. The minimum atomic E-state index is -0.677. The molecule has 2 heterocycles. The first kappa shape index (κ1) is 28.2. The van der Waals surface area contributed by atoms with Crippen LogP contribution in [0.1, 0.15) is 36.6 Å². The highest BCUT2D eigenvalue weighted by Crippen LogP contribution is 2.31. The van der Waals surface area contributed by atoms with Crippen LogP contribution in [0.4, 0.5) is 0 Å². The number of rotatable bonds is 7. The zero-order chi connectivity index (χ0) is 28.4. The zero-order valence-corrected chi connectivity index (χ0v) is 24.6. The van der Waals surface area contributed by atoms with Gasteiger partial charge in [0.1, 0.15) is 12.4 Å². The zero-order valence-electron chi connectivity index (χ0n) is 21.5. The predicted molar refractivity (Wildman–Crippen MR) is 159 cm³/mol. The topological polar surface area (TPSA) is 69.9 Å². The van der Waals surface area contributed by atoms with Crippen molar-refractivity contribution in [1.82, 2.24) is 4.57 Å². The largest absolute Gasteiger partial charge is 0.488 e. The molecule has 1 aliphatic heterocycles. The molecule has 4 aromatic rings. The molecule has 0 radical (unpaired) electrons. The molecule has 3 aromatic carbocycles. The second kappa shape index (κ2) is 12.0. The summed E-state index contributed by atoms with van der Waals surface area (Å²) in [6.45, 7) is 3.94. The average Bonchev–Trinajstić information content (AvgIpc) is 3.24. The van der Waals surface area contributed by atoms with Crippen LogP contribution in [0.25, 0.3) is 6.08 Å². The van der Waals surface area contributed by atoms with Gasteiger partial charge in [-0.05, 0) is 61.4 Å². The van der Waals surface area contributed by atoms with E-state index in [4.69, 9.17) is 44.3 Å². The third-order valence-corrected chi connectivity index (χ3v) is 8.23. The van der Waals surface area contributed by atoms with E-state index >= 15 is 0 Å². The molecule has 0 saturated heterocycles. The van der Waals surface area contributed by atoms with Crippen LogP contribution in [0.5, 0.6) is 5.75 Å². The molecule has 40 heavy (non-hydrogen) atoms. The van der Waals surface area contributed by atoms with Crippen LogP contribution >= 0.6 is 46.1 Å². The van der Waals surface area contributed by atoms with Crippen molar-refractivity contribution in [3.63, 3.8) is 0 Å². The van der Waals surface area contributed by atoms with E-state index < -0.39 is 12.0 Å². The molecule has 0 aliphatic carbocycles. The fourth-order valence-corrected chi connectivity index (χ4v) is 5.98. The molecule has 0 saturated carbocycles. The average molecular weight is 614 g/mol. The van der Waals surface area contributed by atoms with Crippen LogP contribution < -0.4 is 19.6 Å². The fourth-order valence-electron chi connectivity index (χ4n) is 4.44. The fraction of sp³-hybridized carbons (Fsp3) is 0.167. The maximum absolute atomic E-state index is 13.9. The van der Waals surface area contributed by atoms with Gasteiger partial charge in [0.15, 0.2) is 4.80 Å². The lowest BCUT2D eigenvalue weighted by Gasteiger charge is -2.24. The quantitative estimate of drug-likeness (QED) is 0.228. The molecule has 0 amide bonds. The Morgan fingerprint density at radius 2 is 1.82 bits per heavy atom. The van der Waals surface area contributed by atoms with Crippen molar-refractivity contribution in [3.8, 4) is 5.75 Å². The molecular formula is C30H23Cl3N2O4S. The maximum atomic E-state index is 13.9. The number of carbonyl (C=O) groups excluding carboxylic acids is 1. The number of halogens is 3. The third kappa shape index (κ3) is 5.74. The van der Waals surface area contributed by atoms with Crippen molar-refractivity contribution in [1.29, 1.82) is 0 Å². The summed E-state index contributed by atoms with van der Waals surface area (Å²) in [4.78, 5) is 32.0. The second-order valence-electron chi connectivity index (χ2n) is 8.93. The van der Waals surface area contributed by atoms with E-state index in [0.717, 1.165) is 11.1 Å². The van der Waals surface area contributed by atoms with Crippen LogP contribution in [0, 0.1) is 0 Å². The molecule has 0 N–H and O–H groups in total. The van der Waals surface area contributed by atoms with E-state index in [9.17, 15) is 9.59 Å². The first-order valence-corrected chi connectivity index (χ1v) is 14.3. The minimum absolute atomic E-state index is 0.210. The van der Waals surface area contributed by atoms with Crippen LogP contribution in [-0.2, 0) is 16.1 Å². The highest BCUT2D eigenvalue weighted by molar-refractivity contribution is 7.07. The van der Waals surface area contributed by atoms with Gasteiger partial charge in [0.25, 0.3) is 5.56 Å². The van der Waals surface area contributed by atoms with Crippen molar-refractivity contribution < 1.29 is 14.3 Å². The molecule has 1 atom stereocenters. The van der Waals surface area contributed by atoms with E-state index in [1.165, 1.54) is 11.3 Å². The minimum Gasteiger partial charge on any atom is -0.488 e. The van der Waals surface area contributed by atoms with Crippen molar-refractivity contribution in [2.45, 2.75) is 26.5 Å². The summed E-state index contributed by atoms with van der Waals surface area (Å²) < 4.78 is 13.4. The summed E-state index contributed by atoms with van der Waals surface area (Å²) in [7, 11) is 0. The monoisotopic (exact) mass is 612 g/mol. The van der Waals surface area contributed by atoms with Crippen molar-refractivity contribution in [2.24, 2.45) is 4.99 Å². The Labute approximate surface area is 249 Å². The van der Waals surface area contributed by atoms with E-state index in [1.807, 2.05) is 36.4 Å². The maximum Gasteiger partial charge on any atom is 0.338 e. The van der Waals surface area contributed by atoms with E-state index in [0.29, 0.717) is 47.0 Å². The smallest absolute Gasteiger partial charge is 0.338 e. The predicted octanol–water partition coefficient (Wildman–Crippen LogP) is 6.34. The van der Waals surface area contributed by atoms with Gasteiger partial charge in [-0.3, -0.25) is 9.36 Å².